The lowest BCUT2D eigenvalue weighted by molar-refractivity contribution is -0.245. The van der Waals surface area contributed by atoms with Gasteiger partial charge in [0, 0.05) is 35.2 Å². The number of rotatable bonds is 8. The van der Waals surface area contributed by atoms with Crippen LogP contribution in [0.15, 0.2) is 77.7 Å². The molecule has 7 heteroatoms. The molecule has 0 aliphatic carbocycles. The Kier molecular flexibility index (Phi) is 8.24. The van der Waals surface area contributed by atoms with Crippen molar-refractivity contribution in [3.05, 3.63) is 89.5 Å². The van der Waals surface area contributed by atoms with Crippen molar-refractivity contribution in [2.24, 2.45) is 0 Å². The Morgan fingerprint density at radius 1 is 1.06 bits per heavy atom. The monoisotopic (exact) mass is 479 g/mol. The van der Waals surface area contributed by atoms with Crippen LogP contribution in [0.5, 0.6) is 5.75 Å². The van der Waals surface area contributed by atoms with Crippen molar-refractivity contribution in [2.45, 2.75) is 43.3 Å². The molecule has 1 fully saturated rings. The minimum absolute atomic E-state index is 0.00561. The molecule has 1 amide bonds. The van der Waals surface area contributed by atoms with E-state index in [1.54, 1.807) is 18.9 Å². The summed E-state index contributed by atoms with van der Waals surface area (Å²) in [5, 5.41) is 12.2. The maximum atomic E-state index is 11.5. The number of hydrogen-bond acceptors (Lipinski definition) is 6. The molecule has 1 heterocycles. The van der Waals surface area contributed by atoms with Gasteiger partial charge >= 0.3 is 0 Å². The van der Waals surface area contributed by atoms with E-state index in [4.69, 9.17) is 14.2 Å². The highest BCUT2D eigenvalue weighted by molar-refractivity contribution is 7.99. The Morgan fingerprint density at radius 2 is 1.85 bits per heavy atom. The smallest absolute Gasteiger partial charge is 0.221 e. The predicted molar refractivity (Wildman–Crippen MR) is 133 cm³/mol. The molecule has 34 heavy (non-hydrogen) atoms. The number of methoxy groups -OCH3 is 1. The van der Waals surface area contributed by atoms with Gasteiger partial charge in [-0.15, -0.1) is 11.8 Å². The van der Waals surface area contributed by atoms with Crippen LogP contribution in [0.3, 0.4) is 0 Å². The predicted octanol–water partition coefficient (Wildman–Crippen LogP) is 5.48. The molecule has 178 valence electrons. The Labute approximate surface area is 204 Å². The second-order valence-corrected chi connectivity index (χ2v) is 9.18. The highest BCUT2D eigenvalue weighted by atomic mass is 32.2. The quantitative estimate of drug-likeness (QED) is 0.417. The Hall–Kier alpha value is -2.84. The highest BCUT2D eigenvalue weighted by Gasteiger charge is 2.32. The molecule has 1 aliphatic heterocycles. The minimum Gasteiger partial charge on any atom is -0.496 e. The molecule has 3 aromatic carbocycles. The van der Waals surface area contributed by atoms with E-state index in [0.717, 1.165) is 33.1 Å². The molecule has 2 N–H and O–H groups in total. The molecule has 4 rings (SSSR count). The van der Waals surface area contributed by atoms with E-state index in [2.05, 4.69) is 5.32 Å². The van der Waals surface area contributed by atoms with Gasteiger partial charge in [0.25, 0.3) is 0 Å². The van der Waals surface area contributed by atoms with Gasteiger partial charge in [-0.05, 0) is 35.4 Å². The number of para-hydroxylation sites is 1. The van der Waals surface area contributed by atoms with Crippen molar-refractivity contribution in [3.8, 4) is 5.75 Å². The first-order chi connectivity index (χ1) is 16.6. The van der Waals surface area contributed by atoms with Crippen molar-refractivity contribution >= 4 is 23.4 Å². The van der Waals surface area contributed by atoms with Crippen LogP contribution in [0.25, 0.3) is 0 Å². The number of hydrogen-bond donors (Lipinski definition) is 2. The molecule has 0 bridgehead atoms. The average Bonchev–Trinajstić information content (AvgIpc) is 2.87. The lowest BCUT2D eigenvalue weighted by Gasteiger charge is -2.36. The van der Waals surface area contributed by atoms with Crippen molar-refractivity contribution in [3.63, 3.8) is 0 Å². The van der Waals surface area contributed by atoms with Gasteiger partial charge in [0.05, 0.1) is 25.9 Å². The summed E-state index contributed by atoms with van der Waals surface area (Å²) in [7, 11) is 1.68. The lowest BCUT2D eigenvalue weighted by Crippen LogP contribution is -2.31. The van der Waals surface area contributed by atoms with Crippen LogP contribution in [0.2, 0.25) is 0 Å². The third kappa shape index (κ3) is 6.18. The summed E-state index contributed by atoms with van der Waals surface area (Å²) in [6, 6.07) is 23.3. The maximum absolute atomic E-state index is 11.5. The number of carbonyl (C=O) groups is 1. The third-order valence-corrected chi connectivity index (χ3v) is 6.77. The van der Waals surface area contributed by atoms with Gasteiger partial charge in [0.2, 0.25) is 5.91 Å². The fourth-order valence-corrected chi connectivity index (χ4v) is 4.96. The fourth-order valence-electron chi connectivity index (χ4n) is 3.91. The first kappa shape index (κ1) is 24.3. The normalized spacial score (nSPS) is 20.0. The summed E-state index contributed by atoms with van der Waals surface area (Å²) >= 11 is 1.69. The molecule has 0 aromatic heterocycles. The van der Waals surface area contributed by atoms with Gasteiger partial charge in [0.15, 0.2) is 6.29 Å². The number of amides is 1. The number of benzene rings is 3. The van der Waals surface area contributed by atoms with E-state index < -0.39 is 6.29 Å². The van der Waals surface area contributed by atoms with Gasteiger partial charge in [-0.1, -0.05) is 48.5 Å². The van der Waals surface area contributed by atoms with Gasteiger partial charge in [-0.3, -0.25) is 4.79 Å². The molecule has 0 unspecified atom stereocenters. The van der Waals surface area contributed by atoms with Crippen LogP contribution in [0, 0.1) is 0 Å². The maximum Gasteiger partial charge on any atom is 0.221 e. The Balaban J connectivity index is 1.56. The van der Waals surface area contributed by atoms with Gasteiger partial charge < -0.3 is 24.6 Å². The molecule has 3 aromatic rings. The third-order valence-electron chi connectivity index (χ3n) is 5.59. The standard InChI is InChI=1S/C27H29NO5S/c1-18(30)28-22-7-5-6-21(14-22)27-32-23(17-34-26-9-4-3-8-24(26)31-2)15-25(33-27)20-12-10-19(16-29)11-13-20/h3-14,23,25,27,29H,15-17H2,1-2H3,(H,28,30)/t23-,25+,27+/m1/s1. The zero-order valence-electron chi connectivity index (χ0n) is 19.3. The summed E-state index contributed by atoms with van der Waals surface area (Å²) in [5.41, 5.74) is 3.44. The highest BCUT2D eigenvalue weighted by Crippen LogP contribution is 2.40. The summed E-state index contributed by atoms with van der Waals surface area (Å²) in [4.78, 5) is 12.6. The van der Waals surface area contributed by atoms with Crippen LogP contribution in [0.1, 0.15) is 42.4 Å². The van der Waals surface area contributed by atoms with E-state index in [0.29, 0.717) is 12.1 Å². The largest absolute Gasteiger partial charge is 0.496 e. The van der Waals surface area contributed by atoms with Crippen LogP contribution < -0.4 is 10.1 Å². The zero-order valence-corrected chi connectivity index (χ0v) is 20.1. The number of carbonyl (C=O) groups excluding carboxylic acids is 1. The molecule has 0 spiro atoms. The second-order valence-electron chi connectivity index (χ2n) is 8.12. The van der Waals surface area contributed by atoms with Crippen LogP contribution >= 0.6 is 11.8 Å². The summed E-state index contributed by atoms with van der Waals surface area (Å²) in [6.07, 6.45) is -0.115. The average molecular weight is 480 g/mol. The first-order valence-electron chi connectivity index (χ1n) is 11.2. The Bertz CT molecular complexity index is 1100. The van der Waals surface area contributed by atoms with Crippen LogP contribution in [0.4, 0.5) is 5.69 Å². The van der Waals surface area contributed by atoms with E-state index >= 15 is 0 Å². The van der Waals surface area contributed by atoms with Crippen molar-refractivity contribution in [1.29, 1.82) is 0 Å². The second kappa shape index (κ2) is 11.5. The molecule has 3 atom stereocenters. The Morgan fingerprint density at radius 3 is 2.59 bits per heavy atom. The van der Waals surface area contributed by atoms with E-state index in [1.165, 1.54) is 6.92 Å². The SMILES string of the molecule is COc1ccccc1SC[C@H]1C[C@@H](c2ccc(CO)cc2)O[C@@H](c2cccc(NC(C)=O)c2)O1. The van der Waals surface area contributed by atoms with Crippen molar-refractivity contribution < 1.29 is 24.1 Å². The van der Waals surface area contributed by atoms with Gasteiger partial charge in [0.1, 0.15) is 5.75 Å². The number of ether oxygens (including phenoxy) is 3. The molecular formula is C27H29NO5S. The molecule has 0 saturated carbocycles. The number of aliphatic hydroxyl groups is 1. The number of thioether (sulfide) groups is 1. The molecule has 6 nitrogen and oxygen atoms in total. The number of anilines is 1. The van der Waals surface area contributed by atoms with E-state index in [-0.39, 0.29) is 24.7 Å². The topological polar surface area (TPSA) is 77.0 Å². The minimum atomic E-state index is -0.576. The first-order valence-corrected chi connectivity index (χ1v) is 12.2. The van der Waals surface area contributed by atoms with Crippen LogP contribution in [-0.2, 0) is 20.9 Å². The summed E-state index contributed by atoms with van der Waals surface area (Å²) in [5.74, 6) is 1.45. The van der Waals surface area contributed by atoms with Crippen LogP contribution in [-0.4, -0.2) is 30.0 Å². The van der Waals surface area contributed by atoms with Gasteiger partial charge in [-0.2, -0.15) is 0 Å². The number of nitrogens with one attached hydrogen (secondary N) is 1. The zero-order chi connectivity index (χ0) is 23.9. The summed E-state index contributed by atoms with van der Waals surface area (Å²) < 4.78 is 18.3. The lowest BCUT2D eigenvalue weighted by atomic mass is 10.0. The van der Waals surface area contributed by atoms with E-state index in [9.17, 15) is 9.90 Å². The molecule has 0 radical (unpaired) electrons. The van der Waals surface area contributed by atoms with Gasteiger partial charge in [-0.25, -0.2) is 0 Å². The van der Waals surface area contributed by atoms with Crippen molar-refractivity contribution in [2.75, 3.05) is 18.2 Å². The summed E-state index contributed by atoms with van der Waals surface area (Å²) in [6.45, 7) is 1.49. The molecule has 1 aliphatic rings. The van der Waals surface area contributed by atoms with Crippen molar-refractivity contribution in [1.82, 2.24) is 0 Å². The molecular weight excluding hydrogens is 450 g/mol. The number of aliphatic hydroxyl groups excluding tert-OH is 1. The molecule has 1 saturated heterocycles. The van der Waals surface area contributed by atoms with E-state index in [1.807, 2.05) is 72.8 Å². The fraction of sp³-hybridized carbons (Fsp3) is 0.296.